The number of carbonyl (C=O) groups excluding carboxylic acids is 2. The molecule has 6 nitrogen and oxygen atoms in total. The highest BCUT2D eigenvalue weighted by Crippen LogP contribution is 2.18. The van der Waals surface area contributed by atoms with Crippen molar-refractivity contribution in [3.05, 3.63) is 65.6 Å². The van der Waals surface area contributed by atoms with E-state index in [2.05, 4.69) is 10.3 Å². The maximum absolute atomic E-state index is 12.1. The van der Waals surface area contributed by atoms with Gasteiger partial charge in [-0.25, -0.2) is 4.98 Å². The number of benzene rings is 1. The van der Waals surface area contributed by atoms with Gasteiger partial charge in [-0.05, 0) is 19.1 Å². The van der Waals surface area contributed by atoms with Crippen molar-refractivity contribution in [3.8, 4) is 5.75 Å². The number of imidazole rings is 1. The van der Waals surface area contributed by atoms with E-state index in [-0.39, 0.29) is 24.5 Å². The summed E-state index contributed by atoms with van der Waals surface area (Å²) in [5, 5.41) is 2.85. The lowest BCUT2D eigenvalue weighted by Gasteiger charge is -2.04. The third kappa shape index (κ3) is 4.73. The van der Waals surface area contributed by atoms with Crippen molar-refractivity contribution in [1.29, 1.82) is 0 Å². The minimum Gasteiger partial charge on any atom is -0.493 e. The molecule has 1 aromatic carbocycles. The Morgan fingerprint density at radius 3 is 2.67 bits per heavy atom. The highest BCUT2D eigenvalue weighted by Gasteiger charge is 2.10. The summed E-state index contributed by atoms with van der Waals surface area (Å²) in [6.45, 7) is 2.45. The Morgan fingerprint density at radius 1 is 1.15 bits per heavy atom. The number of rotatable bonds is 8. The van der Waals surface area contributed by atoms with Gasteiger partial charge in [0.15, 0.2) is 17.2 Å². The van der Waals surface area contributed by atoms with Crippen LogP contribution < -0.4 is 10.1 Å². The predicted octanol–water partition coefficient (Wildman–Crippen LogP) is 2.97. The van der Waals surface area contributed by atoms with Gasteiger partial charge in [0.05, 0.1) is 12.8 Å². The summed E-state index contributed by atoms with van der Waals surface area (Å²) in [6, 6.07) is 11.2. The fourth-order valence-corrected chi connectivity index (χ4v) is 2.85. The van der Waals surface area contributed by atoms with Crippen LogP contribution in [0.15, 0.2) is 48.8 Å². The lowest BCUT2D eigenvalue weighted by atomic mass is 10.1. The molecule has 3 aromatic rings. The molecule has 2 aromatic heterocycles. The van der Waals surface area contributed by atoms with Crippen LogP contribution in [0.3, 0.4) is 0 Å². The molecule has 140 valence electrons. The van der Waals surface area contributed by atoms with Crippen LogP contribution in [-0.2, 0) is 11.2 Å². The number of amides is 1. The van der Waals surface area contributed by atoms with Gasteiger partial charge in [-0.1, -0.05) is 29.8 Å². The quantitative estimate of drug-likeness (QED) is 0.623. The molecule has 3 rings (SSSR count). The van der Waals surface area contributed by atoms with Crippen LogP contribution >= 0.6 is 0 Å². The van der Waals surface area contributed by atoms with Crippen molar-refractivity contribution >= 4 is 17.3 Å². The summed E-state index contributed by atoms with van der Waals surface area (Å²) in [5.41, 5.74) is 3.38. The van der Waals surface area contributed by atoms with Crippen LogP contribution in [0.1, 0.15) is 34.5 Å². The minimum absolute atomic E-state index is 0.0161. The summed E-state index contributed by atoms with van der Waals surface area (Å²) in [6.07, 6.45) is 4.84. The molecule has 0 aliphatic carbocycles. The number of hydrogen-bond acceptors (Lipinski definition) is 4. The maximum Gasteiger partial charge on any atom is 0.220 e. The number of ether oxygens (including phenoxy) is 1. The summed E-state index contributed by atoms with van der Waals surface area (Å²) in [4.78, 5) is 28.6. The number of nitrogens with one attached hydrogen (secondary N) is 1. The number of aromatic nitrogens is 2. The standard InChI is InChI=1S/C21H23N3O3/c1-15-5-7-16(8-6-15)18(25)9-10-20(26)22-12-11-17-14-24-13-3-4-19(27-2)21(24)23-17/h3-8,13-14H,9-12H2,1-2H3,(H,22,26). The van der Waals surface area contributed by atoms with Gasteiger partial charge in [0.2, 0.25) is 5.91 Å². The molecule has 0 unspecified atom stereocenters. The molecular formula is C21H23N3O3. The molecule has 0 fully saturated rings. The molecule has 1 amide bonds. The molecule has 1 N–H and O–H groups in total. The summed E-state index contributed by atoms with van der Waals surface area (Å²) < 4.78 is 7.19. The number of ketones is 1. The van der Waals surface area contributed by atoms with Gasteiger partial charge in [0.1, 0.15) is 0 Å². The Hall–Kier alpha value is -3.15. The van der Waals surface area contributed by atoms with Crippen LogP contribution in [0, 0.1) is 6.92 Å². The highest BCUT2D eigenvalue weighted by molar-refractivity contribution is 5.97. The number of methoxy groups -OCH3 is 1. The smallest absolute Gasteiger partial charge is 0.220 e. The molecule has 0 spiro atoms. The first-order valence-corrected chi connectivity index (χ1v) is 8.94. The highest BCUT2D eigenvalue weighted by atomic mass is 16.5. The number of aryl methyl sites for hydroxylation is 1. The molecule has 0 saturated carbocycles. The number of hydrogen-bond donors (Lipinski definition) is 1. The molecule has 0 radical (unpaired) electrons. The normalized spacial score (nSPS) is 10.7. The third-order valence-electron chi connectivity index (χ3n) is 4.37. The van der Waals surface area contributed by atoms with Crippen LogP contribution in [0.4, 0.5) is 0 Å². The van der Waals surface area contributed by atoms with Crippen molar-refractivity contribution in [2.24, 2.45) is 0 Å². The molecule has 6 heteroatoms. The number of Topliss-reactive ketones (excluding diaryl/α,β-unsaturated/α-hetero) is 1. The average molecular weight is 365 g/mol. The van der Waals surface area contributed by atoms with Crippen molar-refractivity contribution in [2.75, 3.05) is 13.7 Å². The predicted molar refractivity (Wildman–Crippen MR) is 103 cm³/mol. The summed E-state index contributed by atoms with van der Waals surface area (Å²) in [7, 11) is 1.61. The largest absolute Gasteiger partial charge is 0.493 e. The first-order valence-electron chi connectivity index (χ1n) is 8.94. The van der Waals surface area contributed by atoms with Gasteiger partial charge in [0, 0.05) is 43.8 Å². The van der Waals surface area contributed by atoms with Crippen molar-refractivity contribution in [3.63, 3.8) is 0 Å². The van der Waals surface area contributed by atoms with Crippen molar-refractivity contribution in [2.45, 2.75) is 26.2 Å². The molecular weight excluding hydrogens is 342 g/mol. The summed E-state index contributed by atoms with van der Waals surface area (Å²) >= 11 is 0. The first-order chi connectivity index (χ1) is 13.1. The number of carbonyl (C=O) groups is 2. The van der Waals surface area contributed by atoms with E-state index in [1.807, 2.05) is 48.0 Å². The van der Waals surface area contributed by atoms with Crippen molar-refractivity contribution < 1.29 is 14.3 Å². The van der Waals surface area contributed by atoms with E-state index < -0.39 is 0 Å². The van der Waals surface area contributed by atoms with Gasteiger partial charge >= 0.3 is 0 Å². The molecule has 0 saturated heterocycles. The molecule has 27 heavy (non-hydrogen) atoms. The van der Waals surface area contributed by atoms with Crippen LogP contribution in [-0.4, -0.2) is 34.7 Å². The lowest BCUT2D eigenvalue weighted by molar-refractivity contribution is -0.121. The molecule has 2 heterocycles. The Balaban J connectivity index is 1.45. The van der Waals surface area contributed by atoms with Crippen LogP contribution in [0.5, 0.6) is 5.75 Å². The van der Waals surface area contributed by atoms with E-state index in [1.54, 1.807) is 19.2 Å². The third-order valence-corrected chi connectivity index (χ3v) is 4.37. The van der Waals surface area contributed by atoms with Crippen molar-refractivity contribution in [1.82, 2.24) is 14.7 Å². The Kier molecular flexibility index (Phi) is 5.86. The second-order valence-electron chi connectivity index (χ2n) is 6.43. The van der Waals surface area contributed by atoms with Gasteiger partial charge in [-0.15, -0.1) is 0 Å². The van der Waals surface area contributed by atoms with E-state index in [0.717, 1.165) is 16.9 Å². The van der Waals surface area contributed by atoms with E-state index in [0.29, 0.717) is 24.3 Å². The topological polar surface area (TPSA) is 72.7 Å². The van der Waals surface area contributed by atoms with Crippen LogP contribution in [0.2, 0.25) is 0 Å². The fraction of sp³-hybridized carbons (Fsp3) is 0.286. The SMILES string of the molecule is COc1cccn2cc(CCNC(=O)CCC(=O)c3ccc(C)cc3)nc12. The van der Waals surface area contributed by atoms with E-state index >= 15 is 0 Å². The second-order valence-corrected chi connectivity index (χ2v) is 6.43. The fourth-order valence-electron chi connectivity index (χ4n) is 2.85. The van der Waals surface area contributed by atoms with Crippen LogP contribution in [0.25, 0.3) is 5.65 Å². The zero-order chi connectivity index (χ0) is 19.2. The lowest BCUT2D eigenvalue weighted by Crippen LogP contribution is -2.26. The Morgan fingerprint density at radius 2 is 1.93 bits per heavy atom. The number of fused-ring (bicyclic) bond motifs is 1. The maximum atomic E-state index is 12.1. The first kappa shape index (κ1) is 18.6. The average Bonchev–Trinajstić information content (AvgIpc) is 3.09. The van der Waals surface area contributed by atoms with Gasteiger partial charge in [-0.3, -0.25) is 9.59 Å². The van der Waals surface area contributed by atoms with E-state index in [1.165, 1.54) is 0 Å². The monoisotopic (exact) mass is 365 g/mol. The molecule has 0 aliphatic rings. The van der Waals surface area contributed by atoms with Gasteiger partial charge in [0.25, 0.3) is 0 Å². The minimum atomic E-state index is -0.128. The van der Waals surface area contributed by atoms with Gasteiger partial charge in [-0.2, -0.15) is 0 Å². The number of nitrogens with zero attached hydrogens (tertiary/aromatic N) is 2. The molecule has 0 bridgehead atoms. The Bertz CT molecular complexity index is 945. The summed E-state index contributed by atoms with van der Waals surface area (Å²) in [5.74, 6) is 0.566. The van der Waals surface area contributed by atoms with E-state index in [4.69, 9.17) is 4.74 Å². The number of pyridine rings is 1. The Labute approximate surface area is 158 Å². The second kappa shape index (κ2) is 8.49. The molecule has 0 atom stereocenters. The zero-order valence-electron chi connectivity index (χ0n) is 15.6. The zero-order valence-corrected chi connectivity index (χ0v) is 15.6. The van der Waals surface area contributed by atoms with E-state index in [9.17, 15) is 9.59 Å². The van der Waals surface area contributed by atoms with Gasteiger partial charge < -0.3 is 14.5 Å². The molecule has 0 aliphatic heterocycles.